The molecule has 1 fully saturated rings. The lowest BCUT2D eigenvalue weighted by Gasteiger charge is -2.38. The van der Waals surface area contributed by atoms with Crippen molar-refractivity contribution in [3.8, 4) is 0 Å². The number of piperidine rings is 1. The summed E-state index contributed by atoms with van der Waals surface area (Å²) >= 11 is 2.96. The topological polar surface area (TPSA) is 49.4 Å². The van der Waals surface area contributed by atoms with Crippen molar-refractivity contribution in [1.29, 1.82) is 0 Å². The Balaban J connectivity index is 2.65. The van der Waals surface area contributed by atoms with Crippen LogP contribution >= 0.6 is 15.9 Å². The highest BCUT2D eigenvalue weighted by Crippen LogP contribution is 2.20. The molecule has 0 aliphatic carbocycles. The maximum absolute atomic E-state index is 11.4. The van der Waals surface area contributed by atoms with Crippen molar-refractivity contribution in [3.63, 3.8) is 0 Å². The van der Waals surface area contributed by atoms with E-state index in [4.69, 9.17) is 0 Å². The number of halogens is 1. The number of hydrazine groups is 1. The Morgan fingerprint density at radius 2 is 1.86 bits per heavy atom. The van der Waals surface area contributed by atoms with Crippen molar-refractivity contribution in [3.05, 3.63) is 0 Å². The molecule has 1 heterocycles. The van der Waals surface area contributed by atoms with Crippen molar-refractivity contribution in [2.75, 3.05) is 4.66 Å². The van der Waals surface area contributed by atoms with Crippen LogP contribution in [0.5, 0.6) is 0 Å². The highest BCUT2D eigenvalue weighted by Gasteiger charge is 2.27. The minimum absolute atomic E-state index is 0.0457. The lowest BCUT2D eigenvalue weighted by molar-refractivity contribution is 0.0793. The van der Waals surface area contributed by atoms with E-state index in [1.165, 1.54) is 6.42 Å². The number of hydrogen-bond acceptors (Lipinski definition) is 3. The number of nitrogens with one attached hydrogen (secondary N) is 1. The molecule has 0 radical (unpaired) electrons. The van der Waals surface area contributed by atoms with Crippen LogP contribution in [0.2, 0.25) is 0 Å². The van der Waals surface area contributed by atoms with Crippen LogP contribution in [0, 0.1) is 0 Å². The highest BCUT2D eigenvalue weighted by molar-refractivity contribution is 9.10. The van der Waals surface area contributed by atoms with Gasteiger partial charge in [-0.1, -0.05) is 22.4 Å². The van der Waals surface area contributed by atoms with Crippen LogP contribution in [0.1, 0.15) is 33.1 Å². The van der Waals surface area contributed by atoms with Gasteiger partial charge in [0.05, 0.1) is 0 Å². The Hall–Kier alpha value is 0.350. The molecule has 0 aromatic rings. The third-order valence-corrected chi connectivity index (χ3v) is 5.17. The first-order valence-electron chi connectivity index (χ1n) is 4.80. The Kier molecular flexibility index (Phi) is 4.36. The van der Waals surface area contributed by atoms with Crippen molar-refractivity contribution < 1.29 is 8.42 Å². The van der Waals surface area contributed by atoms with E-state index in [9.17, 15) is 8.42 Å². The van der Waals surface area contributed by atoms with E-state index in [0.29, 0.717) is 0 Å². The quantitative estimate of drug-likeness (QED) is 0.798. The van der Waals surface area contributed by atoms with Crippen molar-refractivity contribution >= 4 is 26.0 Å². The third kappa shape index (κ3) is 3.18. The fourth-order valence-corrected chi connectivity index (χ4v) is 2.82. The molecule has 4 nitrogen and oxygen atoms in total. The first-order chi connectivity index (χ1) is 6.46. The van der Waals surface area contributed by atoms with Crippen molar-refractivity contribution in [2.45, 2.75) is 45.2 Å². The van der Waals surface area contributed by atoms with Gasteiger partial charge in [0.1, 0.15) is 4.66 Å². The predicted molar refractivity (Wildman–Crippen MR) is 60.5 cm³/mol. The van der Waals surface area contributed by atoms with Crippen LogP contribution in [0.15, 0.2) is 0 Å². The standard InChI is InChI=1S/C8H17BrN2O2S/c1-7-4-3-5-8(2)11(7)10-14(12,13)6-9/h7-8,10H,3-6H2,1-2H3. The third-order valence-electron chi connectivity index (χ3n) is 2.58. The zero-order chi connectivity index (χ0) is 10.8. The van der Waals surface area contributed by atoms with Gasteiger partial charge in [0.2, 0.25) is 10.0 Å². The minimum Gasteiger partial charge on any atom is -0.225 e. The maximum atomic E-state index is 11.4. The average molecular weight is 285 g/mol. The zero-order valence-electron chi connectivity index (χ0n) is 8.53. The molecule has 1 aliphatic heterocycles. The van der Waals surface area contributed by atoms with Crippen LogP contribution in [-0.2, 0) is 10.0 Å². The summed E-state index contributed by atoms with van der Waals surface area (Å²) in [7, 11) is -3.19. The molecule has 1 N–H and O–H groups in total. The van der Waals surface area contributed by atoms with Gasteiger partial charge in [-0.25, -0.2) is 13.4 Å². The number of alkyl halides is 1. The molecule has 0 spiro atoms. The Morgan fingerprint density at radius 1 is 1.36 bits per heavy atom. The minimum atomic E-state index is -3.19. The van der Waals surface area contributed by atoms with Gasteiger partial charge in [0.15, 0.2) is 0 Å². The lowest BCUT2D eigenvalue weighted by atomic mass is 10.0. The summed E-state index contributed by atoms with van der Waals surface area (Å²) in [6.45, 7) is 4.10. The second kappa shape index (κ2) is 4.92. The molecule has 1 saturated heterocycles. The highest BCUT2D eigenvalue weighted by atomic mass is 79.9. The molecule has 1 rings (SSSR count). The fourth-order valence-electron chi connectivity index (χ4n) is 1.79. The van der Waals surface area contributed by atoms with Crippen LogP contribution in [0.25, 0.3) is 0 Å². The molecule has 0 aromatic carbocycles. The van der Waals surface area contributed by atoms with Gasteiger partial charge in [-0.2, -0.15) is 0 Å². The lowest BCUT2D eigenvalue weighted by Crippen LogP contribution is -2.54. The maximum Gasteiger partial charge on any atom is 0.234 e. The predicted octanol–water partition coefficient (Wildman–Crippen LogP) is 1.44. The smallest absolute Gasteiger partial charge is 0.225 e. The first kappa shape index (κ1) is 12.4. The van der Waals surface area contributed by atoms with Gasteiger partial charge in [-0.15, -0.1) is 4.83 Å². The number of sulfonamides is 1. The second-order valence-corrected chi connectivity index (χ2v) is 6.86. The van der Waals surface area contributed by atoms with E-state index in [1.807, 2.05) is 18.9 Å². The van der Waals surface area contributed by atoms with Gasteiger partial charge in [0.25, 0.3) is 0 Å². The van der Waals surface area contributed by atoms with Crippen LogP contribution in [0.3, 0.4) is 0 Å². The van der Waals surface area contributed by atoms with Crippen molar-refractivity contribution in [2.24, 2.45) is 0 Å². The molecule has 84 valence electrons. The number of nitrogens with zero attached hydrogens (tertiary/aromatic N) is 1. The summed E-state index contributed by atoms with van der Waals surface area (Å²) in [5.41, 5.74) is 0. The summed E-state index contributed by atoms with van der Waals surface area (Å²) in [5, 5.41) is 1.85. The van der Waals surface area contributed by atoms with E-state index in [-0.39, 0.29) is 16.7 Å². The number of hydrogen-bond donors (Lipinski definition) is 1. The van der Waals surface area contributed by atoms with Gasteiger partial charge >= 0.3 is 0 Å². The second-order valence-electron chi connectivity index (χ2n) is 3.85. The average Bonchev–Trinajstić information content (AvgIpc) is 2.12. The normalized spacial score (nSPS) is 30.5. The largest absolute Gasteiger partial charge is 0.234 e. The summed E-state index contributed by atoms with van der Waals surface area (Å²) in [6.07, 6.45) is 3.28. The van der Waals surface area contributed by atoms with E-state index in [0.717, 1.165) is 12.8 Å². The van der Waals surface area contributed by atoms with Crippen molar-refractivity contribution in [1.82, 2.24) is 9.84 Å². The first-order valence-corrected chi connectivity index (χ1v) is 7.58. The molecular formula is C8H17BrN2O2S. The fraction of sp³-hybridized carbons (Fsp3) is 1.00. The molecule has 0 amide bonds. The van der Waals surface area contributed by atoms with Gasteiger partial charge in [-0.3, -0.25) is 0 Å². The molecule has 0 saturated carbocycles. The van der Waals surface area contributed by atoms with E-state index < -0.39 is 10.0 Å². The van der Waals surface area contributed by atoms with E-state index in [1.54, 1.807) is 0 Å². The molecule has 2 atom stereocenters. The van der Waals surface area contributed by atoms with Crippen LogP contribution in [-0.4, -0.2) is 30.2 Å². The van der Waals surface area contributed by atoms with E-state index in [2.05, 4.69) is 20.8 Å². The molecule has 6 heteroatoms. The molecule has 14 heavy (non-hydrogen) atoms. The summed E-state index contributed by atoms with van der Waals surface area (Å²) in [6, 6.07) is 0.570. The Bertz CT molecular complexity index is 271. The molecule has 2 unspecified atom stereocenters. The summed E-state index contributed by atoms with van der Waals surface area (Å²) in [4.78, 5) is 2.60. The zero-order valence-corrected chi connectivity index (χ0v) is 10.9. The Morgan fingerprint density at radius 3 is 2.29 bits per heavy atom. The molecular weight excluding hydrogens is 268 g/mol. The summed E-state index contributed by atoms with van der Waals surface area (Å²) < 4.78 is 22.7. The van der Waals surface area contributed by atoms with E-state index >= 15 is 0 Å². The van der Waals surface area contributed by atoms with Gasteiger partial charge in [-0.05, 0) is 26.7 Å². The number of rotatable bonds is 3. The van der Waals surface area contributed by atoms with Gasteiger partial charge in [0, 0.05) is 12.1 Å². The molecule has 0 bridgehead atoms. The molecule has 0 aromatic heterocycles. The Labute approximate surface area is 94.2 Å². The van der Waals surface area contributed by atoms with Crippen LogP contribution in [0.4, 0.5) is 0 Å². The molecule has 1 aliphatic rings. The SMILES string of the molecule is CC1CCCC(C)N1NS(=O)(=O)CBr. The summed E-state index contributed by atoms with van der Waals surface area (Å²) in [5.74, 6) is 0. The van der Waals surface area contributed by atoms with Gasteiger partial charge < -0.3 is 0 Å². The monoisotopic (exact) mass is 284 g/mol. The van der Waals surface area contributed by atoms with Crippen LogP contribution < -0.4 is 4.83 Å².